The summed E-state index contributed by atoms with van der Waals surface area (Å²) in [5.41, 5.74) is 5.88. The molecular weight excluding hydrogens is 288 g/mol. The van der Waals surface area contributed by atoms with Crippen LogP contribution in [0.3, 0.4) is 0 Å². The lowest BCUT2D eigenvalue weighted by molar-refractivity contribution is -0.133. The van der Waals surface area contributed by atoms with E-state index in [0.29, 0.717) is 24.9 Å². The lowest BCUT2D eigenvalue weighted by Crippen LogP contribution is -2.45. The zero-order valence-corrected chi connectivity index (χ0v) is 14.9. The van der Waals surface area contributed by atoms with Gasteiger partial charge in [0.2, 0.25) is 5.91 Å². The molecule has 0 heterocycles. The Kier molecular flexibility index (Phi) is 9.13. The van der Waals surface area contributed by atoms with E-state index in [1.54, 1.807) is 4.90 Å². The van der Waals surface area contributed by atoms with Crippen molar-refractivity contribution in [2.75, 3.05) is 25.1 Å². The number of rotatable bonds is 10. The van der Waals surface area contributed by atoms with Crippen LogP contribution >= 0.6 is 0 Å². The molecule has 0 aliphatic heterocycles. The first-order valence-electron chi connectivity index (χ1n) is 7.75. The van der Waals surface area contributed by atoms with Crippen LogP contribution in [0, 0.1) is 11.8 Å². The fourth-order valence-corrected chi connectivity index (χ4v) is 2.54. The summed E-state index contributed by atoms with van der Waals surface area (Å²) < 4.78 is 22.4. The van der Waals surface area contributed by atoms with Crippen molar-refractivity contribution in [3.8, 4) is 0 Å². The van der Waals surface area contributed by atoms with E-state index in [4.69, 9.17) is 5.73 Å². The quantitative estimate of drug-likeness (QED) is 0.664. The van der Waals surface area contributed by atoms with E-state index in [0.717, 1.165) is 12.8 Å². The van der Waals surface area contributed by atoms with E-state index in [2.05, 4.69) is 27.7 Å². The van der Waals surface area contributed by atoms with Crippen molar-refractivity contribution < 1.29 is 13.2 Å². The first kappa shape index (κ1) is 20.4. The van der Waals surface area contributed by atoms with Crippen molar-refractivity contribution in [2.45, 2.75) is 53.0 Å². The number of nitrogens with two attached hydrogens (primary N) is 1. The third kappa shape index (κ3) is 10.7. The second-order valence-corrected chi connectivity index (χ2v) is 8.98. The zero-order valence-electron chi connectivity index (χ0n) is 14.1. The summed E-state index contributed by atoms with van der Waals surface area (Å²) in [5.74, 6) is 0.875. The van der Waals surface area contributed by atoms with Crippen LogP contribution in [0.5, 0.6) is 0 Å². The van der Waals surface area contributed by atoms with Gasteiger partial charge in [-0.3, -0.25) is 4.79 Å². The van der Waals surface area contributed by atoms with Gasteiger partial charge in [0.15, 0.2) is 0 Å². The summed E-state index contributed by atoms with van der Waals surface area (Å²) in [4.78, 5) is 14.2. The summed E-state index contributed by atoms with van der Waals surface area (Å²) in [5, 5.41) is 0. The van der Waals surface area contributed by atoms with Gasteiger partial charge in [-0.2, -0.15) is 0 Å². The van der Waals surface area contributed by atoms with Gasteiger partial charge in [0, 0.05) is 19.3 Å². The van der Waals surface area contributed by atoms with Gasteiger partial charge in [0.1, 0.15) is 9.84 Å². The summed E-state index contributed by atoms with van der Waals surface area (Å²) in [6.45, 7) is 9.86. The van der Waals surface area contributed by atoms with Crippen LogP contribution in [0.2, 0.25) is 0 Å². The van der Waals surface area contributed by atoms with Gasteiger partial charge in [-0.05, 0) is 31.1 Å². The highest BCUT2D eigenvalue weighted by molar-refractivity contribution is 7.90. The molecule has 0 aliphatic carbocycles. The highest BCUT2D eigenvalue weighted by atomic mass is 32.2. The molecule has 5 nitrogen and oxygen atoms in total. The van der Waals surface area contributed by atoms with Crippen molar-refractivity contribution in [1.82, 2.24) is 4.90 Å². The van der Waals surface area contributed by atoms with Gasteiger partial charge in [-0.1, -0.05) is 27.7 Å². The third-order valence-corrected chi connectivity index (χ3v) is 4.36. The van der Waals surface area contributed by atoms with Gasteiger partial charge >= 0.3 is 0 Å². The summed E-state index contributed by atoms with van der Waals surface area (Å²) in [6, 6.07) is -0.723. The molecule has 0 rings (SSSR count). The van der Waals surface area contributed by atoms with E-state index in [1.807, 2.05) is 0 Å². The van der Waals surface area contributed by atoms with Crippen LogP contribution in [0.1, 0.15) is 47.0 Å². The van der Waals surface area contributed by atoms with Crippen molar-refractivity contribution in [3.05, 3.63) is 0 Å². The smallest absolute Gasteiger partial charge is 0.239 e. The van der Waals surface area contributed by atoms with Crippen molar-refractivity contribution in [2.24, 2.45) is 17.6 Å². The van der Waals surface area contributed by atoms with Gasteiger partial charge < -0.3 is 10.6 Å². The topological polar surface area (TPSA) is 80.5 Å². The van der Waals surface area contributed by atoms with Crippen LogP contribution < -0.4 is 5.73 Å². The Morgan fingerprint density at radius 1 is 1.00 bits per heavy atom. The lowest BCUT2D eigenvalue weighted by Gasteiger charge is -2.27. The second kappa shape index (κ2) is 9.41. The van der Waals surface area contributed by atoms with E-state index < -0.39 is 15.9 Å². The maximum absolute atomic E-state index is 12.4. The van der Waals surface area contributed by atoms with Crippen LogP contribution in [0.4, 0.5) is 0 Å². The van der Waals surface area contributed by atoms with Crippen molar-refractivity contribution >= 4 is 15.7 Å². The first-order chi connectivity index (χ1) is 9.53. The summed E-state index contributed by atoms with van der Waals surface area (Å²) in [7, 11) is -3.08. The number of hydrogen-bond acceptors (Lipinski definition) is 4. The van der Waals surface area contributed by atoms with Crippen molar-refractivity contribution in [3.63, 3.8) is 0 Å². The molecule has 0 aromatic carbocycles. The van der Waals surface area contributed by atoms with Crippen molar-refractivity contribution in [1.29, 1.82) is 0 Å². The van der Waals surface area contributed by atoms with Gasteiger partial charge in [0.25, 0.3) is 0 Å². The minimum absolute atomic E-state index is 0.0396. The molecule has 1 unspecified atom stereocenters. The predicted molar refractivity (Wildman–Crippen MR) is 87.8 cm³/mol. The number of carbonyl (C=O) groups is 1. The standard InChI is InChI=1S/C15H32N2O3S/c1-12(2)6-9-17(10-7-13(3)4)15(18)14(16)8-11-21(5,19)20/h12-14H,6-11,16H2,1-5H3. The normalized spacial score (nSPS) is 13.7. The molecule has 1 amide bonds. The molecule has 2 N–H and O–H groups in total. The molecule has 126 valence electrons. The molecule has 21 heavy (non-hydrogen) atoms. The maximum Gasteiger partial charge on any atom is 0.239 e. The molecule has 0 spiro atoms. The second-order valence-electron chi connectivity index (χ2n) is 6.72. The molecule has 0 radical (unpaired) electrons. The highest BCUT2D eigenvalue weighted by Gasteiger charge is 2.22. The van der Waals surface area contributed by atoms with Crippen LogP contribution in [-0.4, -0.2) is 50.4 Å². The molecule has 0 aromatic heterocycles. The van der Waals surface area contributed by atoms with E-state index in [1.165, 1.54) is 6.26 Å². The molecule has 0 saturated heterocycles. The molecule has 0 saturated carbocycles. The lowest BCUT2D eigenvalue weighted by atomic mass is 10.1. The Hall–Kier alpha value is -0.620. The fourth-order valence-electron chi connectivity index (χ4n) is 1.86. The first-order valence-corrected chi connectivity index (χ1v) is 9.81. The molecule has 0 fully saturated rings. The number of sulfone groups is 1. The zero-order chi connectivity index (χ0) is 16.6. The Morgan fingerprint density at radius 3 is 1.76 bits per heavy atom. The summed E-state index contributed by atoms with van der Waals surface area (Å²) in [6.07, 6.45) is 3.22. The molecule has 0 bridgehead atoms. The molecule has 0 aromatic rings. The minimum Gasteiger partial charge on any atom is -0.341 e. The van der Waals surface area contributed by atoms with E-state index >= 15 is 0 Å². The van der Waals surface area contributed by atoms with Gasteiger partial charge in [0.05, 0.1) is 11.8 Å². The van der Waals surface area contributed by atoms with E-state index in [9.17, 15) is 13.2 Å². The summed E-state index contributed by atoms with van der Waals surface area (Å²) >= 11 is 0. The number of amides is 1. The Balaban J connectivity index is 4.59. The molecule has 0 aliphatic rings. The Bertz CT molecular complexity index is 393. The average Bonchev–Trinajstić information content (AvgIpc) is 2.33. The number of hydrogen-bond donors (Lipinski definition) is 1. The molecular formula is C15H32N2O3S. The average molecular weight is 320 g/mol. The molecule has 1 atom stereocenters. The van der Waals surface area contributed by atoms with E-state index in [-0.39, 0.29) is 18.1 Å². The maximum atomic E-state index is 12.4. The predicted octanol–water partition coefficient (Wildman–Crippen LogP) is 1.67. The number of carbonyl (C=O) groups excluding carboxylic acids is 1. The van der Waals surface area contributed by atoms with Crippen LogP contribution in [0.25, 0.3) is 0 Å². The number of nitrogens with zero attached hydrogens (tertiary/aromatic N) is 1. The highest BCUT2D eigenvalue weighted by Crippen LogP contribution is 2.09. The third-order valence-electron chi connectivity index (χ3n) is 3.38. The van der Waals surface area contributed by atoms with Crippen LogP contribution in [-0.2, 0) is 14.6 Å². The fraction of sp³-hybridized carbons (Fsp3) is 0.933. The molecule has 6 heteroatoms. The Labute approximate surface area is 130 Å². The Morgan fingerprint density at radius 2 is 1.43 bits per heavy atom. The monoisotopic (exact) mass is 320 g/mol. The van der Waals surface area contributed by atoms with Gasteiger partial charge in [-0.15, -0.1) is 0 Å². The van der Waals surface area contributed by atoms with Crippen LogP contribution in [0.15, 0.2) is 0 Å². The van der Waals surface area contributed by atoms with Gasteiger partial charge in [-0.25, -0.2) is 8.42 Å². The largest absolute Gasteiger partial charge is 0.341 e. The minimum atomic E-state index is -3.08. The SMILES string of the molecule is CC(C)CCN(CCC(C)C)C(=O)C(N)CCS(C)(=O)=O.